The van der Waals surface area contributed by atoms with Crippen molar-refractivity contribution in [2.75, 3.05) is 10.8 Å². The normalized spacial score (nSPS) is 17.7. The van der Waals surface area contributed by atoms with Gasteiger partial charge in [-0.05, 0) is 43.0 Å². The van der Waals surface area contributed by atoms with Crippen molar-refractivity contribution in [1.29, 1.82) is 0 Å². The molecular weight excluding hydrogens is 310 g/mol. The average molecular weight is 329 g/mol. The Balaban J connectivity index is 2.03. The molecule has 0 saturated heterocycles. The maximum atomic E-state index is 13.0. The van der Waals surface area contributed by atoms with E-state index in [-0.39, 0.29) is 10.7 Å². The van der Waals surface area contributed by atoms with E-state index in [0.717, 1.165) is 17.7 Å². The molecule has 1 atom stereocenters. The van der Waals surface area contributed by atoms with Gasteiger partial charge in [-0.3, -0.25) is 9.10 Å². The van der Waals surface area contributed by atoms with Gasteiger partial charge in [-0.25, -0.2) is 8.42 Å². The topological polar surface area (TPSA) is 54.5 Å². The summed E-state index contributed by atoms with van der Waals surface area (Å²) < 4.78 is 27.4. The number of rotatable bonds is 3. The molecule has 0 amide bonds. The highest BCUT2D eigenvalue weighted by atomic mass is 32.2. The van der Waals surface area contributed by atoms with Gasteiger partial charge in [-0.15, -0.1) is 0 Å². The molecule has 0 saturated carbocycles. The van der Waals surface area contributed by atoms with E-state index >= 15 is 0 Å². The number of fused-ring (bicyclic) bond motifs is 1. The van der Waals surface area contributed by atoms with Crippen LogP contribution in [0.2, 0.25) is 0 Å². The summed E-state index contributed by atoms with van der Waals surface area (Å²) in [6, 6.07) is 13.8. The van der Waals surface area contributed by atoms with E-state index in [1.54, 1.807) is 12.1 Å². The molecule has 2 aromatic rings. The average Bonchev–Trinajstić information content (AvgIpc) is 2.55. The van der Waals surface area contributed by atoms with E-state index in [2.05, 4.69) is 6.92 Å². The van der Waals surface area contributed by atoms with Gasteiger partial charge >= 0.3 is 0 Å². The van der Waals surface area contributed by atoms with Crippen LogP contribution < -0.4 is 4.31 Å². The van der Waals surface area contributed by atoms with Crippen LogP contribution in [0, 0.1) is 0 Å². The molecule has 120 valence electrons. The fraction of sp³-hybridized carbons (Fsp3) is 0.278. The number of carbonyl (C=O) groups excluding carboxylic acids is 1. The summed E-state index contributed by atoms with van der Waals surface area (Å²) in [4.78, 5) is 11.6. The van der Waals surface area contributed by atoms with Crippen LogP contribution in [-0.4, -0.2) is 20.7 Å². The Kier molecular flexibility index (Phi) is 3.98. The Morgan fingerprint density at radius 1 is 1.09 bits per heavy atom. The second kappa shape index (κ2) is 5.81. The lowest BCUT2D eigenvalue weighted by Gasteiger charge is -2.33. The number of carbonyl (C=O) groups is 1. The molecular formula is C18H19NO3S. The molecule has 0 bridgehead atoms. The van der Waals surface area contributed by atoms with E-state index in [1.165, 1.54) is 23.4 Å². The van der Waals surface area contributed by atoms with E-state index in [9.17, 15) is 13.2 Å². The van der Waals surface area contributed by atoms with Crippen molar-refractivity contribution in [1.82, 2.24) is 0 Å². The highest BCUT2D eigenvalue weighted by Gasteiger charge is 2.31. The molecule has 5 heteroatoms. The molecule has 1 aliphatic heterocycles. The summed E-state index contributed by atoms with van der Waals surface area (Å²) in [6.07, 6.45) is 0.793. The molecule has 4 nitrogen and oxygen atoms in total. The van der Waals surface area contributed by atoms with Gasteiger partial charge < -0.3 is 0 Å². The zero-order valence-electron chi connectivity index (χ0n) is 13.2. The number of hydrogen-bond acceptors (Lipinski definition) is 3. The van der Waals surface area contributed by atoms with Gasteiger partial charge in [0.1, 0.15) is 0 Å². The lowest BCUT2D eigenvalue weighted by molar-refractivity contribution is 0.101. The van der Waals surface area contributed by atoms with Crippen molar-refractivity contribution < 1.29 is 13.2 Å². The number of Topliss-reactive ketones (excluding diaryl/α,β-unsaturated/α-hetero) is 1. The van der Waals surface area contributed by atoms with E-state index < -0.39 is 10.0 Å². The Morgan fingerprint density at radius 2 is 1.74 bits per heavy atom. The zero-order chi connectivity index (χ0) is 16.6. The second-order valence-electron chi connectivity index (χ2n) is 5.91. The van der Waals surface area contributed by atoms with Gasteiger partial charge in [0.25, 0.3) is 10.0 Å². The zero-order valence-corrected chi connectivity index (χ0v) is 14.0. The number of nitrogens with zero attached hydrogens (tertiary/aromatic N) is 1. The largest absolute Gasteiger partial charge is 0.295 e. The first-order valence-corrected chi connectivity index (χ1v) is 9.08. The van der Waals surface area contributed by atoms with E-state index in [0.29, 0.717) is 18.0 Å². The molecule has 0 aromatic heterocycles. The van der Waals surface area contributed by atoms with Crippen molar-refractivity contribution >= 4 is 21.5 Å². The van der Waals surface area contributed by atoms with Crippen molar-refractivity contribution in [3.8, 4) is 0 Å². The SMILES string of the molecule is CC(=O)c1ccc(S(=O)(=O)N2CC[C@@H](C)c3ccccc32)cc1. The summed E-state index contributed by atoms with van der Waals surface area (Å²) in [6.45, 7) is 4.05. The summed E-state index contributed by atoms with van der Waals surface area (Å²) in [5.74, 6) is 0.267. The number of ketones is 1. The standard InChI is InChI=1S/C18H19NO3S/c1-13-11-12-19(18-6-4-3-5-17(13)18)23(21,22)16-9-7-15(8-10-16)14(2)20/h3-10,13H,11-12H2,1-2H3/t13-/m1/s1. The Labute approximate surface area is 136 Å². The van der Waals surface area contributed by atoms with E-state index in [4.69, 9.17) is 0 Å². The van der Waals surface area contributed by atoms with Gasteiger partial charge in [-0.2, -0.15) is 0 Å². The molecule has 0 spiro atoms. The van der Waals surface area contributed by atoms with Crippen LogP contribution in [0.3, 0.4) is 0 Å². The van der Waals surface area contributed by atoms with Crippen LogP contribution in [-0.2, 0) is 10.0 Å². The first-order chi connectivity index (χ1) is 10.9. The highest BCUT2D eigenvalue weighted by Crippen LogP contribution is 2.37. The molecule has 0 fully saturated rings. The van der Waals surface area contributed by atoms with Crippen molar-refractivity contribution in [2.24, 2.45) is 0 Å². The van der Waals surface area contributed by atoms with Crippen LogP contribution in [0.15, 0.2) is 53.4 Å². The minimum Gasteiger partial charge on any atom is -0.295 e. The summed E-state index contributed by atoms with van der Waals surface area (Å²) in [5, 5.41) is 0. The summed E-state index contributed by atoms with van der Waals surface area (Å²) >= 11 is 0. The third-order valence-electron chi connectivity index (χ3n) is 4.35. The summed E-state index contributed by atoms with van der Waals surface area (Å²) in [5.41, 5.74) is 2.32. The predicted octanol–water partition coefficient (Wildman–Crippen LogP) is 3.59. The number of hydrogen-bond donors (Lipinski definition) is 0. The van der Waals surface area contributed by atoms with Gasteiger partial charge in [0.2, 0.25) is 0 Å². The maximum Gasteiger partial charge on any atom is 0.264 e. The minimum absolute atomic E-state index is 0.0777. The smallest absolute Gasteiger partial charge is 0.264 e. The number of para-hydroxylation sites is 1. The maximum absolute atomic E-state index is 13.0. The van der Waals surface area contributed by atoms with Crippen LogP contribution >= 0.6 is 0 Å². The monoisotopic (exact) mass is 329 g/mol. The van der Waals surface area contributed by atoms with Crippen LogP contribution in [0.1, 0.15) is 42.1 Å². The van der Waals surface area contributed by atoms with E-state index in [1.807, 2.05) is 24.3 Å². The van der Waals surface area contributed by atoms with Crippen LogP contribution in [0.25, 0.3) is 0 Å². The Bertz CT molecular complexity index is 841. The lowest BCUT2D eigenvalue weighted by Crippen LogP contribution is -2.36. The minimum atomic E-state index is -3.62. The predicted molar refractivity (Wildman–Crippen MR) is 90.5 cm³/mol. The van der Waals surface area contributed by atoms with Crippen molar-refractivity contribution in [3.05, 3.63) is 59.7 Å². The number of sulfonamides is 1. The molecule has 2 aromatic carbocycles. The fourth-order valence-electron chi connectivity index (χ4n) is 2.96. The highest BCUT2D eigenvalue weighted by molar-refractivity contribution is 7.92. The van der Waals surface area contributed by atoms with Crippen molar-refractivity contribution in [3.63, 3.8) is 0 Å². The molecule has 0 unspecified atom stereocenters. The fourth-order valence-corrected chi connectivity index (χ4v) is 4.46. The second-order valence-corrected chi connectivity index (χ2v) is 7.77. The van der Waals surface area contributed by atoms with Gasteiger partial charge in [0, 0.05) is 12.1 Å². The molecule has 23 heavy (non-hydrogen) atoms. The molecule has 0 N–H and O–H groups in total. The first-order valence-electron chi connectivity index (χ1n) is 7.64. The third kappa shape index (κ3) is 2.77. The Morgan fingerprint density at radius 3 is 2.39 bits per heavy atom. The van der Waals surface area contributed by atoms with Crippen LogP contribution in [0.5, 0.6) is 0 Å². The molecule has 1 aliphatic rings. The first kappa shape index (κ1) is 15.7. The van der Waals surface area contributed by atoms with Crippen molar-refractivity contribution in [2.45, 2.75) is 31.1 Å². The quantitative estimate of drug-likeness (QED) is 0.809. The Hall–Kier alpha value is -2.14. The van der Waals surface area contributed by atoms with Gasteiger partial charge in [0.05, 0.1) is 10.6 Å². The number of benzene rings is 2. The molecule has 1 heterocycles. The molecule has 0 aliphatic carbocycles. The van der Waals surface area contributed by atoms with Crippen LogP contribution in [0.4, 0.5) is 5.69 Å². The number of anilines is 1. The molecule has 3 rings (SSSR count). The molecule has 0 radical (unpaired) electrons. The van der Waals surface area contributed by atoms with Gasteiger partial charge in [0.15, 0.2) is 5.78 Å². The summed E-state index contributed by atoms with van der Waals surface area (Å²) in [7, 11) is -3.62. The third-order valence-corrected chi connectivity index (χ3v) is 6.18. The van der Waals surface area contributed by atoms with Gasteiger partial charge in [-0.1, -0.05) is 37.3 Å². The lowest BCUT2D eigenvalue weighted by atomic mass is 9.93.